The van der Waals surface area contributed by atoms with Crippen LogP contribution in [0.25, 0.3) is 0 Å². The van der Waals surface area contributed by atoms with Crippen LogP contribution in [-0.2, 0) is 16.2 Å². The van der Waals surface area contributed by atoms with Crippen LogP contribution in [0, 0.1) is 0 Å². The first-order valence-electron chi connectivity index (χ1n) is 5.78. The number of anilines is 1. The summed E-state index contributed by atoms with van der Waals surface area (Å²) in [5.41, 5.74) is 7.62. The van der Waals surface area contributed by atoms with Crippen LogP contribution >= 0.6 is 11.8 Å². The van der Waals surface area contributed by atoms with Gasteiger partial charge in [0.25, 0.3) is 0 Å². The maximum absolute atomic E-state index is 11.7. The van der Waals surface area contributed by atoms with Gasteiger partial charge in [0.1, 0.15) is 5.76 Å². The highest BCUT2D eigenvalue weighted by Gasteiger charge is 2.15. The van der Waals surface area contributed by atoms with E-state index < -0.39 is 5.97 Å². The Morgan fingerprint density at radius 2 is 2.16 bits per heavy atom. The van der Waals surface area contributed by atoms with Crippen LogP contribution in [0.15, 0.2) is 41.0 Å². The first kappa shape index (κ1) is 13.5. The minimum Gasteiger partial charge on any atom is -0.468 e. The summed E-state index contributed by atoms with van der Waals surface area (Å²) < 4.78 is 10.0. The number of carbonyl (C=O) groups excluding carboxylic acids is 1. The number of esters is 1. The average Bonchev–Trinajstić information content (AvgIpc) is 2.91. The van der Waals surface area contributed by atoms with Gasteiger partial charge in [0.2, 0.25) is 0 Å². The lowest BCUT2D eigenvalue weighted by atomic mass is 10.1. The van der Waals surface area contributed by atoms with Crippen LogP contribution in [0.2, 0.25) is 0 Å². The lowest BCUT2D eigenvalue weighted by molar-refractivity contribution is 0.0601. The number of nitrogens with two attached hydrogens (primary N) is 1. The molecule has 2 rings (SSSR count). The predicted octanol–water partition coefficient (Wildman–Crippen LogP) is 3.08. The van der Waals surface area contributed by atoms with Crippen molar-refractivity contribution >= 4 is 23.4 Å². The van der Waals surface area contributed by atoms with Crippen LogP contribution in [0.4, 0.5) is 5.69 Å². The Balaban J connectivity index is 2.07. The van der Waals surface area contributed by atoms with E-state index in [2.05, 4.69) is 0 Å². The van der Waals surface area contributed by atoms with Gasteiger partial charge in [0, 0.05) is 11.4 Å². The molecule has 0 amide bonds. The van der Waals surface area contributed by atoms with E-state index in [-0.39, 0.29) is 0 Å². The monoisotopic (exact) mass is 277 g/mol. The summed E-state index contributed by atoms with van der Waals surface area (Å²) in [6.45, 7) is 0. The van der Waals surface area contributed by atoms with Gasteiger partial charge in [-0.2, -0.15) is 0 Å². The molecule has 2 N–H and O–H groups in total. The molecule has 0 spiro atoms. The molecule has 0 atom stereocenters. The van der Waals surface area contributed by atoms with E-state index >= 15 is 0 Å². The highest BCUT2D eigenvalue weighted by Crippen LogP contribution is 2.24. The van der Waals surface area contributed by atoms with E-state index in [9.17, 15) is 4.79 Å². The number of hydrogen-bond acceptors (Lipinski definition) is 5. The zero-order valence-corrected chi connectivity index (χ0v) is 11.4. The number of carbonyl (C=O) groups is 1. The van der Waals surface area contributed by atoms with Crippen LogP contribution in [0.3, 0.4) is 0 Å². The largest absolute Gasteiger partial charge is 0.468 e. The summed E-state index contributed by atoms with van der Waals surface area (Å²) in [4.78, 5) is 11.7. The van der Waals surface area contributed by atoms with Gasteiger partial charge < -0.3 is 14.9 Å². The Morgan fingerprint density at radius 3 is 2.84 bits per heavy atom. The van der Waals surface area contributed by atoms with Crippen molar-refractivity contribution in [1.29, 1.82) is 0 Å². The molecule has 100 valence electrons. The zero-order chi connectivity index (χ0) is 13.7. The van der Waals surface area contributed by atoms with Crippen molar-refractivity contribution in [3.05, 3.63) is 53.5 Å². The summed E-state index contributed by atoms with van der Waals surface area (Å²) in [6.07, 6.45) is 1.65. The van der Waals surface area contributed by atoms with Gasteiger partial charge in [-0.25, -0.2) is 4.79 Å². The number of nitrogen functional groups attached to an aromatic ring is 1. The Labute approximate surface area is 115 Å². The maximum Gasteiger partial charge on any atom is 0.340 e. The number of hydrogen-bond donors (Lipinski definition) is 1. The molecule has 0 bridgehead atoms. The maximum atomic E-state index is 11.7. The summed E-state index contributed by atoms with van der Waals surface area (Å²) in [5, 5.41) is 0. The van der Waals surface area contributed by atoms with Crippen LogP contribution in [0.5, 0.6) is 0 Å². The number of benzene rings is 1. The molecule has 0 unspecified atom stereocenters. The lowest BCUT2D eigenvalue weighted by Gasteiger charge is -2.09. The first-order chi connectivity index (χ1) is 9.22. The van der Waals surface area contributed by atoms with Crippen molar-refractivity contribution in [3.8, 4) is 0 Å². The molecule has 1 aromatic heterocycles. The van der Waals surface area contributed by atoms with Gasteiger partial charge in [-0.05, 0) is 23.8 Å². The Kier molecular flexibility index (Phi) is 4.52. The van der Waals surface area contributed by atoms with Gasteiger partial charge in [0.05, 0.1) is 24.7 Å². The van der Waals surface area contributed by atoms with E-state index in [1.54, 1.807) is 24.1 Å². The van der Waals surface area contributed by atoms with Crippen molar-refractivity contribution in [2.24, 2.45) is 0 Å². The van der Waals surface area contributed by atoms with E-state index in [0.717, 1.165) is 17.1 Å². The van der Waals surface area contributed by atoms with Crippen LogP contribution < -0.4 is 5.73 Å². The fraction of sp³-hybridized carbons (Fsp3) is 0.214. The second-order valence-corrected chi connectivity index (χ2v) is 4.93. The number of thioether (sulfide) groups is 1. The molecule has 1 heterocycles. The molecular formula is C14H15NO3S. The summed E-state index contributed by atoms with van der Waals surface area (Å²) in [5.74, 6) is 1.94. The summed E-state index contributed by atoms with van der Waals surface area (Å²) in [6, 6.07) is 9.21. The normalized spacial score (nSPS) is 10.4. The SMILES string of the molecule is COC(=O)c1c(N)cccc1CSCc1ccco1. The number of ether oxygens (including phenoxy) is 1. The molecule has 0 aliphatic rings. The van der Waals surface area contributed by atoms with Crippen molar-refractivity contribution < 1.29 is 13.9 Å². The molecule has 0 fully saturated rings. The second kappa shape index (κ2) is 6.33. The molecular weight excluding hydrogens is 262 g/mol. The highest BCUT2D eigenvalue weighted by molar-refractivity contribution is 7.97. The Bertz CT molecular complexity index is 552. The van der Waals surface area contributed by atoms with Crippen LogP contribution in [-0.4, -0.2) is 13.1 Å². The van der Waals surface area contributed by atoms with Gasteiger partial charge in [0.15, 0.2) is 0 Å². The predicted molar refractivity (Wildman–Crippen MR) is 75.9 cm³/mol. The van der Waals surface area contributed by atoms with Gasteiger partial charge in [-0.1, -0.05) is 12.1 Å². The fourth-order valence-corrected chi connectivity index (χ4v) is 2.68. The van der Waals surface area contributed by atoms with E-state index in [1.165, 1.54) is 7.11 Å². The minimum atomic E-state index is -0.397. The van der Waals surface area contributed by atoms with E-state index in [4.69, 9.17) is 14.9 Å². The third-order valence-corrected chi connectivity index (χ3v) is 3.66. The quantitative estimate of drug-likeness (QED) is 0.672. The number of methoxy groups -OCH3 is 1. The molecule has 0 aliphatic carbocycles. The lowest BCUT2D eigenvalue weighted by Crippen LogP contribution is -2.09. The minimum absolute atomic E-state index is 0.397. The van der Waals surface area contributed by atoms with Gasteiger partial charge in [-0.15, -0.1) is 11.8 Å². The van der Waals surface area contributed by atoms with Crippen molar-refractivity contribution in [2.45, 2.75) is 11.5 Å². The summed E-state index contributed by atoms with van der Waals surface area (Å²) in [7, 11) is 1.36. The third kappa shape index (κ3) is 3.32. The molecule has 2 aromatic rings. The number of rotatable bonds is 5. The fourth-order valence-electron chi connectivity index (χ4n) is 1.75. The molecule has 1 aromatic carbocycles. The third-order valence-electron chi connectivity index (χ3n) is 2.65. The van der Waals surface area contributed by atoms with Crippen molar-refractivity contribution in [2.75, 3.05) is 12.8 Å². The summed E-state index contributed by atoms with van der Waals surface area (Å²) >= 11 is 1.66. The first-order valence-corrected chi connectivity index (χ1v) is 6.93. The second-order valence-electron chi connectivity index (χ2n) is 3.95. The molecule has 19 heavy (non-hydrogen) atoms. The van der Waals surface area contributed by atoms with Crippen molar-refractivity contribution in [3.63, 3.8) is 0 Å². The van der Waals surface area contributed by atoms with E-state index in [0.29, 0.717) is 17.0 Å². The van der Waals surface area contributed by atoms with Crippen molar-refractivity contribution in [1.82, 2.24) is 0 Å². The molecule has 4 nitrogen and oxygen atoms in total. The van der Waals surface area contributed by atoms with Gasteiger partial charge in [-0.3, -0.25) is 0 Å². The Morgan fingerprint density at radius 1 is 1.32 bits per heavy atom. The molecule has 0 saturated heterocycles. The number of furan rings is 1. The van der Waals surface area contributed by atoms with E-state index in [1.807, 2.05) is 24.3 Å². The molecule has 0 saturated carbocycles. The zero-order valence-electron chi connectivity index (χ0n) is 10.6. The smallest absolute Gasteiger partial charge is 0.340 e. The molecule has 0 radical (unpaired) electrons. The topological polar surface area (TPSA) is 65.5 Å². The highest BCUT2D eigenvalue weighted by atomic mass is 32.2. The molecule has 5 heteroatoms. The van der Waals surface area contributed by atoms with Gasteiger partial charge >= 0.3 is 5.97 Å². The standard InChI is InChI=1S/C14H15NO3S/c1-17-14(16)13-10(4-2-6-12(13)15)8-19-9-11-5-3-7-18-11/h2-7H,8-9,15H2,1H3. The average molecular weight is 277 g/mol. The Hall–Kier alpha value is -1.88. The van der Waals surface area contributed by atoms with Crippen LogP contribution in [0.1, 0.15) is 21.7 Å². The molecule has 0 aliphatic heterocycles.